The summed E-state index contributed by atoms with van der Waals surface area (Å²) >= 11 is 0. The number of H-pyrrole nitrogens is 2. The molecule has 0 bridgehead atoms. The second-order valence-corrected chi connectivity index (χ2v) is 6.47. The first-order valence-corrected chi connectivity index (χ1v) is 8.87. The van der Waals surface area contributed by atoms with Crippen LogP contribution >= 0.6 is 0 Å². The Hall–Kier alpha value is -3.48. The molecule has 0 saturated carbocycles. The van der Waals surface area contributed by atoms with Crippen molar-refractivity contribution >= 4 is 5.91 Å². The lowest BCUT2D eigenvalue weighted by atomic mass is 9.87. The van der Waals surface area contributed by atoms with E-state index in [-0.39, 0.29) is 12.0 Å². The van der Waals surface area contributed by atoms with E-state index >= 15 is 0 Å². The third-order valence-electron chi connectivity index (χ3n) is 4.68. The minimum Gasteiger partial charge on any atom is -0.493 e. The number of aromatic nitrogens is 2. The van der Waals surface area contributed by atoms with Crippen molar-refractivity contribution in [1.29, 1.82) is 0 Å². The van der Waals surface area contributed by atoms with E-state index in [0.717, 1.165) is 16.8 Å². The summed E-state index contributed by atoms with van der Waals surface area (Å²) in [6.07, 6.45) is 0.523. The molecule has 0 aliphatic rings. The molecule has 28 heavy (non-hydrogen) atoms. The summed E-state index contributed by atoms with van der Waals surface area (Å²) in [7, 11) is 3.09. The summed E-state index contributed by atoms with van der Waals surface area (Å²) in [6.45, 7) is 0. The third kappa shape index (κ3) is 4.09. The Morgan fingerprint density at radius 2 is 1.75 bits per heavy atom. The number of primary amides is 1. The number of hydrogen-bond donors (Lipinski definition) is 3. The lowest BCUT2D eigenvalue weighted by molar-refractivity contribution is -0.118. The van der Waals surface area contributed by atoms with Gasteiger partial charge in [0, 0.05) is 30.0 Å². The predicted molar refractivity (Wildman–Crippen MR) is 106 cm³/mol. The summed E-state index contributed by atoms with van der Waals surface area (Å²) in [4.78, 5) is 24.4. The molecule has 146 valence electrons. The SMILES string of the molecule is COc1ccc([C@@H](CC(N)=O)c2c(Cc3ccccc3)[nH][nH]c2=O)cc1OC. The molecule has 3 rings (SSSR count). The summed E-state index contributed by atoms with van der Waals surface area (Å²) in [5, 5.41) is 5.60. The lowest BCUT2D eigenvalue weighted by Gasteiger charge is -2.18. The molecule has 0 radical (unpaired) electrons. The molecule has 0 aliphatic heterocycles. The zero-order valence-electron chi connectivity index (χ0n) is 15.8. The number of hydrogen-bond acceptors (Lipinski definition) is 4. The largest absolute Gasteiger partial charge is 0.493 e. The van der Waals surface area contributed by atoms with Crippen molar-refractivity contribution < 1.29 is 14.3 Å². The minimum atomic E-state index is -0.508. The van der Waals surface area contributed by atoms with Gasteiger partial charge in [-0.3, -0.25) is 14.7 Å². The number of carbonyl (C=O) groups is 1. The Labute approximate surface area is 162 Å². The summed E-state index contributed by atoms with van der Waals surface area (Å²) in [5.74, 6) is 0.0830. The maximum absolute atomic E-state index is 12.6. The van der Waals surface area contributed by atoms with E-state index in [1.54, 1.807) is 19.2 Å². The van der Waals surface area contributed by atoms with Crippen LogP contribution in [-0.4, -0.2) is 30.3 Å². The van der Waals surface area contributed by atoms with Crippen LogP contribution in [0.2, 0.25) is 0 Å². The smallest absolute Gasteiger partial charge is 0.267 e. The second-order valence-electron chi connectivity index (χ2n) is 6.47. The van der Waals surface area contributed by atoms with E-state index in [9.17, 15) is 9.59 Å². The van der Waals surface area contributed by atoms with Gasteiger partial charge in [-0.2, -0.15) is 0 Å². The number of amides is 1. The monoisotopic (exact) mass is 381 g/mol. The fraction of sp³-hybridized carbons (Fsp3) is 0.238. The predicted octanol–water partition coefficient (Wildman–Crippen LogP) is 2.32. The first-order valence-electron chi connectivity index (χ1n) is 8.87. The van der Waals surface area contributed by atoms with Crippen molar-refractivity contribution in [2.75, 3.05) is 14.2 Å². The van der Waals surface area contributed by atoms with E-state index in [1.807, 2.05) is 36.4 Å². The van der Waals surface area contributed by atoms with Crippen LogP contribution in [-0.2, 0) is 11.2 Å². The van der Waals surface area contributed by atoms with Gasteiger partial charge in [-0.15, -0.1) is 0 Å². The molecule has 3 aromatic rings. The van der Waals surface area contributed by atoms with Crippen LogP contribution in [0.3, 0.4) is 0 Å². The van der Waals surface area contributed by atoms with Crippen LogP contribution in [0.4, 0.5) is 0 Å². The van der Waals surface area contributed by atoms with E-state index in [0.29, 0.717) is 23.5 Å². The topological polar surface area (TPSA) is 110 Å². The van der Waals surface area contributed by atoms with E-state index in [2.05, 4.69) is 10.2 Å². The summed E-state index contributed by atoms with van der Waals surface area (Å²) in [6, 6.07) is 15.1. The Kier molecular flexibility index (Phi) is 5.84. The molecular weight excluding hydrogens is 358 g/mol. The number of nitrogens with two attached hydrogens (primary N) is 1. The molecule has 1 aromatic heterocycles. The molecule has 2 aromatic carbocycles. The van der Waals surface area contributed by atoms with Gasteiger partial charge < -0.3 is 20.3 Å². The normalized spacial score (nSPS) is 11.8. The highest BCUT2D eigenvalue weighted by atomic mass is 16.5. The van der Waals surface area contributed by atoms with Gasteiger partial charge in [0.2, 0.25) is 5.91 Å². The Morgan fingerprint density at radius 1 is 1.04 bits per heavy atom. The van der Waals surface area contributed by atoms with Gasteiger partial charge >= 0.3 is 0 Å². The molecule has 1 amide bonds. The minimum absolute atomic E-state index is 0.00178. The molecule has 7 nitrogen and oxygen atoms in total. The first kappa shape index (κ1) is 19.3. The zero-order chi connectivity index (χ0) is 20.1. The molecule has 0 fully saturated rings. The third-order valence-corrected chi connectivity index (χ3v) is 4.68. The lowest BCUT2D eigenvalue weighted by Crippen LogP contribution is -2.21. The highest BCUT2D eigenvalue weighted by molar-refractivity contribution is 5.75. The highest BCUT2D eigenvalue weighted by Gasteiger charge is 2.25. The first-order chi connectivity index (χ1) is 13.5. The number of benzene rings is 2. The van der Waals surface area contributed by atoms with Crippen LogP contribution < -0.4 is 20.8 Å². The molecule has 0 spiro atoms. The van der Waals surface area contributed by atoms with Gasteiger partial charge in [0.25, 0.3) is 5.56 Å². The number of methoxy groups -OCH3 is 2. The molecule has 1 atom stereocenters. The van der Waals surface area contributed by atoms with Crippen molar-refractivity contribution in [2.24, 2.45) is 5.73 Å². The number of nitrogens with one attached hydrogen (secondary N) is 2. The number of carbonyl (C=O) groups excluding carboxylic acids is 1. The standard InChI is InChI=1S/C21H23N3O4/c1-27-17-9-8-14(11-18(17)28-2)15(12-19(22)25)20-16(23-24-21(20)26)10-13-6-4-3-5-7-13/h3-9,11,15H,10,12H2,1-2H3,(H2,22,25)(H2,23,24,26)/t15-/m1/s1. The summed E-state index contributed by atoms with van der Waals surface area (Å²) < 4.78 is 10.6. The van der Waals surface area contributed by atoms with Crippen LogP contribution in [0, 0.1) is 0 Å². The van der Waals surface area contributed by atoms with Crippen molar-refractivity contribution in [1.82, 2.24) is 10.2 Å². The van der Waals surface area contributed by atoms with Gasteiger partial charge in [-0.25, -0.2) is 0 Å². The van der Waals surface area contributed by atoms with E-state index in [4.69, 9.17) is 15.2 Å². The molecule has 0 unspecified atom stereocenters. The van der Waals surface area contributed by atoms with E-state index < -0.39 is 11.8 Å². The van der Waals surface area contributed by atoms with Crippen molar-refractivity contribution in [2.45, 2.75) is 18.8 Å². The maximum Gasteiger partial charge on any atom is 0.267 e. The zero-order valence-corrected chi connectivity index (χ0v) is 15.8. The number of aromatic amines is 2. The van der Waals surface area contributed by atoms with Gasteiger partial charge in [-0.1, -0.05) is 36.4 Å². The molecular formula is C21H23N3O4. The number of ether oxygens (including phenoxy) is 2. The Bertz CT molecular complexity index is 1010. The second kappa shape index (κ2) is 8.47. The van der Waals surface area contributed by atoms with Crippen LogP contribution in [0.1, 0.15) is 34.7 Å². The Balaban J connectivity index is 2.07. The molecule has 1 heterocycles. The van der Waals surface area contributed by atoms with Crippen molar-refractivity contribution in [3.05, 3.63) is 81.3 Å². The number of rotatable bonds is 8. The van der Waals surface area contributed by atoms with Crippen molar-refractivity contribution in [3.63, 3.8) is 0 Å². The Morgan fingerprint density at radius 3 is 2.39 bits per heavy atom. The molecule has 0 aliphatic carbocycles. The highest BCUT2D eigenvalue weighted by Crippen LogP contribution is 2.35. The quantitative estimate of drug-likeness (QED) is 0.556. The van der Waals surface area contributed by atoms with Gasteiger partial charge in [0.1, 0.15) is 0 Å². The molecule has 7 heteroatoms. The molecule has 0 saturated heterocycles. The van der Waals surface area contributed by atoms with Crippen LogP contribution in [0.25, 0.3) is 0 Å². The van der Waals surface area contributed by atoms with Crippen molar-refractivity contribution in [3.8, 4) is 11.5 Å². The average molecular weight is 381 g/mol. The van der Waals surface area contributed by atoms with Gasteiger partial charge in [-0.05, 0) is 23.3 Å². The fourth-order valence-corrected chi connectivity index (χ4v) is 3.37. The molecule has 4 N–H and O–H groups in total. The maximum atomic E-state index is 12.6. The van der Waals surface area contributed by atoms with E-state index in [1.165, 1.54) is 7.11 Å². The van der Waals surface area contributed by atoms with Gasteiger partial charge in [0.15, 0.2) is 11.5 Å². The fourth-order valence-electron chi connectivity index (χ4n) is 3.37. The average Bonchev–Trinajstić information content (AvgIpc) is 3.06. The van der Waals surface area contributed by atoms with Gasteiger partial charge in [0.05, 0.1) is 14.2 Å². The summed E-state index contributed by atoms with van der Waals surface area (Å²) in [5.41, 5.74) is 8.23. The van der Waals surface area contributed by atoms with Crippen LogP contribution in [0.5, 0.6) is 11.5 Å². The van der Waals surface area contributed by atoms with Crippen LogP contribution in [0.15, 0.2) is 53.3 Å².